The molecule has 180 valence electrons. The third-order valence-electron chi connectivity index (χ3n) is 5.55. The number of fused-ring (bicyclic) bond motifs is 1. The standard InChI is InChI=1S/C27H22BrClN6O/c1-17-9-11-19(12-10-17)32-27(36)33-20-6-4-5-18(13-20)15-30-25-14-24(21-7-2-3-8-23(21)29)34-26-22(28)16-31-35(25)26/h2-14,16,30H,15H2,1H3,(H2,32,33,36). The van der Waals surface area contributed by atoms with Crippen LogP contribution in [0.5, 0.6) is 0 Å². The van der Waals surface area contributed by atoms with Gasteiger partial charge in [-0.2, -0.15) is 9.61 Å². The molecular weight excluding hydrogens is 540 g/mol. The molecule has 0 spiro atoms. The first-order valence-corrected chi connectivity index (χ1v) is 12.4. The number of nitrogens with zero attached hydrogens (tertiary/aromatic N) is 3. The molecule has 0 saturated carbocycles. The van der Waals surface area contributed by atoms with Crippen molar-refractivity contribution in [1.29, 1.82) is 0 Å². The molecule has 3 N–H and O–H groups in total. The first-order valence-electron chi connectivity index (χ1n) is 11.2. The molecule has 2 heterocycles. The number of benzene rings is 3. The lowest BCUT2D eigenvalue weighted by atomic mass is 10.1. The Kier molecular flexibility index (Phi) is 6.88. The molecule has 0 saturated heterocycles. The number of carbonyl (C=O) groups excluding carboxylic acids is 1. The number of aromatic nitrogens is 3. The molecule has 2 aromatic heterocycles. The highest BCUT2D eigenvalue weighted by Gasteiger charge is 2.13. The SMILES string of the molecule is Cc1ccc(NC(=O)Nc2cccc(CNc3cc(-c4ccccc4Cl)nc4c(Br)cnn34)c2)cc1. The van der Waals surface area contributed by atoms with Crippen LogP contribution in [0.2, 0.25) is 5.02 Å². The zero-order valence-electron chi connectivity index (χ0n) is 19.3. The van der Waals surface area contributed by atoms with Crippen molar-refractivity contribution < 1.29 is 4.79 Å². The number of rotatable bonds is 6. The van der Waals surface area contributed by atoms with Gasteiger partial charge in [-0.3, -0.25) is 0 Å². The normalized spacial score (nSPS) is 10.9. The Morgan fingerprint density at radius 2 is 1.75 bits per heavy atom. The summed E-state index contributed by atoms with van der Waals surface area (Å²) >= 11 is 9.96. The highest BCUT2D eigenvalue weighted by atomic mass is 79.9. The van der Waals surface area contributed by atoms with E-state index in [0.717, 1.165) is 38.4 Å². The summed E-state index contributed by atoms with van der Waals surface area (Å²) < 4.78 is 2.52. The van der Waals surface area contributed by atoms with Crippen LogP contribution in [0.15, 0.2) is 89.5 Å². The molecule has 0 fully saturated rings. The van der Waals surface area contributed by atoms with Gasteiger partial charge in [-0.15, -0.1) is 0 Å². The van der Waals surface area contributed by atoms with Crippen molar-refractivity contribution >= 4 is 56.4 Å². The van der Waals surface area contributed by atoms with Gasteiger partial charge in [-0.1, -0.05) is 59.6 Å². The van der Waals surface area contributed by atoms with E-state index in [1.165, 1.54) is 0 Å². The van der Waals surface area contributed by atoms with Crippen molar-refractivity contribution in [1.82, 2.24) is 14.6 Å². The fraction of sp³-hybridized carbons (Fsp3) is 0.0741. The lowest BCUT2D eigenvalue weighted by Crippen LogP contribution is -2.19. The summed E-state index contributed by atoms with van der Waals surface area (Å²) in [6, 6.07) is 24.5. The van der Waals surface area contributed by atoms with Crippen molar-refractivity contribution in [2.75, 3.05) is 16.0 Å². The third-order valence-corrected chi connectivity index (χ3v) is 6.44. The molecule has 0 bridgehead atoms. The van der Waals surface area contributed by atoms with E-state index < -0.39 is 0 Å². The highest BCUT2D eigenvalue weighted by Crippen LogP contribution is 2.30. The van der Waals surface area contributed by atoms with Crippen LogP contribution in [0.1, 0.15) is 11.1 Å². The predicted octanol–water partition coefficient (Wildman–Crippen LogP) is 7.38. The number of hydrogen-bond acceptors (Lipinski definition) is 4. The fourth-order valence-corrected chi connectivity index (χ4v) is 4.33. The lowest BCUT2D eigenvalue weighted by Gasteiger charge is -2.13. The molecule has 0 aliphatic rings. The minimum absolute atomic E-state index is 0.300. The lowest BCUT2D eigenvalue weighted by molar-refractivity contribution is 0.262. The zero-order valence-corrected chi connectivity index (χ0v) is 21.6. The van der Waals surface area contributed by atoms with Gasteiger partial charge in [0.15, 0.2) is 5.65 Å². The van der Waals surface area contributed by atoms with Crippen molar-refractivity contribution in [2.24, 2.45) is 0 Å². The average Bonchev–Trinajstić information content (AvgIpc) is 3.25. The van der Waals surface area contributed by atoms with Crippen LogP contribution >= 0.6 is 27.5 Å². The van der Waals surface area contributed by atoms with Gasteiger partial charge in [-0.05, 0) is 58.7 Å². The number of anilines is 3. The summed E-state index contributed by atoms with van der Waals surface area (Å²) in [4.78, 5) is 17.2. The number of aryl methyl sites for hydroxylation is 1. The maximum absolute atomic E-state index is 12.4. The number of halogens is 2. The molecule has 3 aromatic carbocycles. The largest absolute Gasteiger partial charge is 0.366 e. The average molecular weight is 562 g/mol. The molecule has 5 rings (SSSR count). The minimum atomic E-state index is -0.300. The van der Waals surface area contributed by atoms with Gasteiger partial charge < -0.3 is 16.0 Å². The van der Waals surface area contributed by atoms with E-state index in [1.807, 2.05) is 85.8 Å². The molecule has 0 aliphatic carbocycles. The summed E-state index contributed by atoms with van der Waals surface area (Å²) in [5.74, 6) is 0.760. The highest BCUT2D eigenvalue weighted by molar-refractivity contribution is 9.10. The molecule has 2 amide bonds. The number of amides is 2. The van der Waals surface area contributed by atoms with Crippen LogP contribution in [-0.4, -0.2) is 20.6 Å². The van der Waals surface area contributed by atoms with E-state index in [1.54, 1.807) is 10.7 Å². The second-order valence-corrected chi connectivity index (χ2v) is 9.50. The van der Waals surface area contributed by atoms with E-state index in [4.69, 9.17) is 16.6 Å². The summed E-state index contributed by atoms with van der Waals surface area (Å²) in [5, 5.41) is 14.2. The van der Waals surface area contributed by atoms with Gasteiger partial charge in [-0.25, -0.2) is 9.78 Å². The third kappa shape index (κ3) is 5.35. The van der Waals surface area contributed by atoms with Gasteiger partial charge in [0.1, 0.15) is 5.82 Å². The van der Waals surface area contributed by atoms with Crippen LogP contribution in [0.25, 0.3) is 16.9 Å². The van der Waals surface area contributed by atoms with Gasteiger partial charge in [0, 0.05) is 34.6 Å². The van der Waals surface area contributed by atoms with Crippen molar-refractivity contribution in [3.63, 3.8) is 0 Å². The van der Waals surface area contributed by atoms with E-state index in [-0.39, 0.29) is 6.03 Å². The zero-order chi connectivity index (χ0) is 25.1. The maximum Gasteiger partial charge on any atom is 0.323 e. The maximum atomic E-state index is 12.4. The molecule has 9 heteroatoms. The number of hydrogen-bond donors (Lipinski definition) is 3. The Morgan fingerprint density at radius 1 is 0.972 bits per heavy atom. The van der Waals surface area contributed by atoms with Crippen LogP contribution in [0.4, 0.5) is 22.0 Å². The number of carbonyl (C=O) groups is 1. The Balaban J connectivity index is 1.33. The molecule has 36 heavy (non-hydrogen) atoms. The summed E-state index contributed by atoms with van der Waals surface area (Å²) in [5.41, 5.74) is 5.80. The summed E-state index contributed by atoms with van der Waals surface area (Å²) in [6.45, 7) is 2.51. The van der Waals surface area contributed by atoms with Crippen molar-refractivity contribution in [2.45, 2.75) is 13.5 Å². The number of urea groups is 1. The molecule has 0 unspecified atom stereocenters. The Hall–Kier alpha value is -3.88. The summed E-state index contributed by atoms with van der Waals surface area (Å²) in [6.07, 6.45) is 1.71. The van der Waals surface area contributed by atoms with E-state index in [9.17, 15) is 4.79 Å². The molecule has 0 radical (unpaired) electrons. The van der Waals surface area contributed by atoms with Crippen LogP contribution in [0.3, 0.4) is 0 Å². The second kappa shape index (κ2) is 10.4. The smallest absolute Gasteiger partial charge is 0.323 e. The molecule has 7 nitrogen and oxygen atoms in total. The Bertz CT molecular complexity index is 1550. The predicted molar refractivity (Wildman–Crippen MR) is 149 cm³/mol. The van der Waals surface area contributed by atoms with Crippen LogP contribution in [0, 0.1) is 6.92 Å². The van der Waals surface area contributed by atoms with Gasteiger partial charge in [0.25, 0.3) is 0 Å². The molecule has 0 atom stereocenters. The topological polar surface area (TPSA) is 83.4 Å². The van der Waals surface area contributed by atoms with Gasteiger partial charge >= 0.3 is 6.03 Å². The van der Waals surface area contributed by atoms with Crippen LogP contribution < -0.4 is 16.0 Å². The first-order chi connectivity index (χ1) is 17.5. The Morgan fingerprint density at radius 3 is 2.56 bits per heavy atom. The number of nitrogens with one attached hydrogen (secondary N) is 3. The van der Waals surface area contributed by atoms with Crippen molar-refractivity contribution in [3.05, 3.63) is 106 Å². The van der Waals surface area contributed by atoms with Gasteiger partial charge in [0.2, 0.25) is 0 Å². The summed E-state index contributed by atoms with van der Waals surface area (Å²) in [7, 11) is 0. The van der Waals surface area contributed by atoms with E-state index in [2.05, 4.69) is 37.0 Å². The quantitative estimate of drug-likeness (QED) is 0.202. The van der Waals surface area contributed by atoms with E-state index in [0.29, 0.717) is 22.9 Å². The molecular formula is C27H22BrClN6O. The van der Waals surface area contributed by atoms with Crippen molar-refractivity contribution in [3.8, 4) is 11.3 Å². The van der Waals surface area contributed by atoms with Gasteiger partial charge in [0.05, 0.1) is 16.4 Å². The first kappa shape index (κ1) is 23.8. The fourth-order valence-electron chi connectivity index (χ4n) is 3.75. The van der Waals surface area contributed by atoms with E-state index >= 15 is 0 Å². The Labute approximate surface area is 221 Å². The van der Waals surface area contributed by atoms with Crippen LogP contribution in [-0.2, 0) is 6.54 Å². The molecule has 5 aromatic rings. The second-order valence-electron chi connectivity index (χ2n) is 8.23. The monoisotopic (exact) mass is 560 g/mol. The molecule has 0 aliphatic heterocycles. The minimum Gasteiger partial charge on any atom is -0.366 e.